The van der Waals surface area contributed by atoms with Gasteiger partial charge in [0.05, 0.1) is 0 Å². The first-order chi connectivity index (χ1) is 9.69. The lowest BCUT2D eigenvalue weighted by molar-refractivity contribution is 0.566. The summed E-state index contributed by atoms with van der Waals surface area (Å²) in [6.45, 7) is 7.91. The summed E-state index contributed by atoms with van der Waals surface area (Å²) in [5, 5.41) is 2.14. The Morgan fingerprint density at radius 3 is 2.47 bits per heavy atom. The molecule has 1 nitrogen and oxygen atoms in total. The maximum absolute atomic E-state index is 8.13. The van der Waals surface area contributed by atoms with Crippen LogP contribution in [0.2, 0.25) is 0 Å². The molecule has 0 fully saturated rings. The third-order valence-corrected chi connectivity index (χ3v) is 3.57. The van der Waals surface area contributed by atoms with Gasteiger partial charge in [0, 0.05) is 19.1 Å². The minimum atomic E-state index is -1.39. The van der Waals surface area contributed by atoms with Gasteiger partial charge in [0.15, 0.2) is 0 Å². The summed E-state index contributed by atoms with van der Waals surface area (Å²) in [5.74, 6) is 0. The minimum absolute atomic E-state index is 0.188. The van der Waals surface area contributed by atoms with Crippen molar-refractivity contribution in [1.82, 2.24) is 0 Å². The van der Waals surface area contributed by atoms with Crippen molar-refractivity contribution in [2.24, 2.45) is 0 Å². The van der Waals surface area contributed by atoms with Crippen LogP contribution in [0, 0.1) is 0 Å². The first-order valence-corrected chi connectivity index (χ1v) is 6.65. The lowest BCUT2D eigenvalue weighted by Gasteiger charge is -2.22. The fourth-order valence-electron chi connectivity index (χ4n) is 2.74. The van der Waals surface area contributed by atoms with Crippen LogP contribution >= 0.6 is 0 Å². The molecule has 1 aromatic heterocycles. The average molecular weight is 254 g/mol. The third kappa shape index (κ3) is 1.85. The zero-order chi connectivity index (χ0) is 15.4. The molecule has 0 amide bonds. The van der Waals surface area contributed by atoms with E-state index < -0.39 is 6.37 Å². The highest BCUT2D eigenvalue weighted by Crippen LogP contribution is 2.38. The Morgan fingerprint density at radius 1 is 1.05 bits per heavy atom. The second kappa shape index (κ2) is 4.12. The van der Waals surface area contributed by atoms with E-state index in [4.69, 9.17) is 7.16 Å². The summed E-state index contributed by atoms with van der Waals surface area (Å²) in [7, 11) is 0. The highest BCUT2D eigenvalue weighted by Gasteiger charge is 2.23. The monoisotopic (exact) mass is 254 g/mol. The maximum Gasteiger partial charge on any atom is 0.139 e. The summed E-state index contributed by atoms with van der Waals surface area (Å²) >= 11 is 0. The number of benzene rings is 2. The second-order valence-corrected chi connectivity index (χ2v) is 5.96. The normalized spacial score (nSPS) is 14.7. The molecule has 0 atom stereocenters. The summed E-state index contributed by atoms with van der Waals surface area (Å²) in [4.78, 5) is 0. The molecule has 0 saturated heterocycles. The number of para-hydroxylation sites is 1. The molecule has 2 aromatic carbocycles. The van der Waals surface area contributed by atoms with Crippen LogP contribution in [-0.2, 0) is 11.8 Å². The minimum Gasteiger partial charge on any atom is -0.456 e. The highest BCUT2D eigenvalue weighted by atomic mass is 16.3. The van der Waals surface area contributed by atoms with E-state index in [0.29, 0.717) is 5.56 Å². The summed E-state index contributed by atoms with van der Waals surface area (Å²) in [6.07, 6.45) is -1.39. The van der Waals surface area contributed by atoms with Gasteiger partial charge in [-0.3, -0.25) is 0 Å². The molecular weight excluding hydrogens is 232 g/mol. The van der Waals surface area contributed by atoms with Crippen molar-refractivity contribution >= 4 is 21.9 Å². The van der Waals surface area contributed by atoms with Gasteiger partial charge in [0.2, 0.25) is 0 Å². The second-order valence-electron chi connectivity index (χ2n) is 5.96. The molecule has 0 unspecified atom stereocenters. The molecule has 19 heavy (non-hydrogen) atoms. The highest BCUT2D eigenvalue weighted by molar-refractivity contribution is 6.06. The largest absolute Gasteiger partial charge is 0.456 e. The molecular formula is C18H20O. The van der Waals surface area contributed by atoms with Gasteiger partial charge in [-0.2, -0.15) is 0 Å². The molecule has 0 N–H and O–H groups in total. The molecule has 1 heterocycles. The van der Waals surface area contributed by atoms with E-state index in [1.54, 1.807) is 6.92 Å². The van der Waals surface area contributed by atoms with Crippen molar-refractivity contribution in [3.8, 4) is 0 Å². The quantitative estimate of drug-likeness (QED) is 0.563. The van der Waals surface area contributed by atoms with Gasteiger partial charge in [0.25, 0.3) is 0 Å². The molecule has 0 aliphatic rings. The van der Waals surface area contributed by atoms with E-state index in [2.05, 4.69) is 20.8 Å². The van der Waals surface area contributed by atoms with Crippen molar-refractivity contribution in [3.05, 3.63) is 47.5 Å². The van der Waals surface area contributed by atoms with Crippen molar-refractivity contribution in [2.75, 3.05) is 0 Å². The van der Waals surface area contributed by atoms with Crippen molar-refractivity contribution in [1.29, 1.82) is 0 Å². The zero-order valence-electron chi connectivity index (χ0n) is 13.9. The lowest BCUT2D eigenvalue weighted by atomic mass is 9.82. The Labute approximate surface area is 117 Å². The van der Waals surface area contributed by atoms with Gasteiger partial charge in [-0.25, -0.2) is 0 Å². The smallest absolute Gasteiger partial charge is 0.139 e. The van der Waals surface area contributed by atoms with E-state index in [0.717, 1.165) is 27.5 Å². The molecule has 0 radical (unpaired) electrons. The number of hydrogen-bond acceptors (Lipinski definition) is 1. The lowest BCUT2D eigenvalue weighted by Crippen LogP contribution is -2.14. The Balaban J connectivity index is 2.50. The average Bonchev–Trinajstić information content (AvgIpc) is 2.73. The van der Waals surface area contributed by atoms with Gasteiger partial charge in [-0.15, -0.1) is 0 Å². The zero-order valence-corrected chi connectivity index (χ0v) is 11.9. The van der Waals surface area contributed by atoms with Crippen molar-refractivity contribution in [2.45, 2.75) is 39.5 Å². The third-order valence-electron chi connectivity index (χ3n) is 3.57. The van der Waals surface area contributed by atoms with Gasteiger partial charge < -0.3 is 4.42 Å². The first kappa shape index (κ1) is 10.1. The maximum atomic E-state index is 8.13. The van der Waals surface area contributed by atoms with Crippen LogP contribution in [0.25, 0.3) is 21.9 Å². The SMILES string of the molecule is [2H]C([2H])(C)c1ccc2c(oc3ccccc32)c1C(C)(C)C. The summed E-state index contributed by atoms with van der Waals surface area (Å²) in [6, 6.07) is 11.9. The fourth-order valence-corrected chi connectivity index (χ4v) is 2.74. The van der Waals surface area contributed by atoms with Crippen LogP contribution in [0.1, 0.15) is 41.6 Å². The first-order valence-electron chi connectivity index (χ1n) is 7.65. The van der Waals surface area contributed by atoms with E-state index in [1.807, 2.05) is 36.4 Å². The molecule has 0 saturated carbocycles. The predicted molar refractivity (Wildman–Crippen MR) is 81.8 cm³/mol. The molecule has 0 spiro atoms. The van der Waals surface area contributed by atoms with Crippen LogP contribution in [0.3, 0.4) is 0 Å². The van der Waals surface area contributed by atoms with E-state index in [1.165, 1.54) is 0 Å². The Morgan fingerprint density at radius 2 is 1.79 bits per heavy atom. The predicted octanol–water partition coefficient (Wildman–Crippen LogP) is 5.45. The van der Waals surface area contributed by atoms with Crippen molar-refractivity contribution < 1.29 is 7.16 Å². The van der Waals surface area contributed by atoms with Gasteiger partial charge in [0.1, 0.15) is 11.2 Å². The van der Waals surface area contributed by atoms with Gasteiger partial charge in [-0.05, 0) is 23.4 Å². The number of rotatable bonds is 1. The summed E-state index contributed by atoms with van der Waals surface area (Å²) in [5.41, 5.74) is 3.15. The van der Waals surface area contributed by atoms with Gasteiger partial charge in [-0.1, -0.05) is 58.0 Å². The summed E-state index contributed by atoms with van der Waals surface area (Å²) < 4.78 is 22.3. The van der Waals surface area contributed by atoms with Crippen LogP contribution < -0.4 is 0 Å². The van der Waals surface area contributed by atoms with Crippen LogP contribution in [0.4, 0.5) is 0 Å². The van der Waals surface area contributed by atoms with E-state index >= 15 is 0 Å². The fraction of sp³-hybridized carbons (Fsp3) is 0.333. The van der Waals surface area contributed by atoms with Crippen LogP contribution in [0.5, 0.6) is 0 Å². The molecule has 3 aromatic rings. The van der Waals surface area contributed by atoms with Crippen molar-refractivity contribution in [3.63, 3.8) is 0 Å². The Kier molecular flexibility index (Phi) is 2.19. The van der Waals surface area contributed by atoms with Gasteiger partial charge >= 0.3 is 0 Å². The molecule has 3 rings (SSSR count). The molecule has 98 valence electrons. The standard InChI is InChI=1S/C18H20O/c1-5-12-10-11-14-13-8-6-7-9-15(13)19-17(14)16(12)18(2,3)4/h6-11H,5H2,1-4H3/i5D2. The Bertz CT molecular complexity index is 817. The number of hydrogen-bond donors (Lipinski definition) is 0. The topological polar surface area (TPSA) is 13.1 Å². The number of fused-ring (bicyclic) bond motifs is 3. The molecule has 0 aliphatic carbocycles. The number of aryl methyl sites for hydroxylation is 1. The van der Waals surface area contributed by atoms with Crippen LogP contribution in [0.15, 0.2) is 40.8 Å². The Hall–Kier alpha value is -1.76. The molecule has 0 aliphatic heterocycles. The van der Waals surface area contributed by atoms with Crippen LogP contribution in [-0.4, -0.2) is 0 Å². The molecule has 0 bridgehead atoms. The molecule has 1 heteroatoms. The number of furan rings is 1. The van der Waals surface area contributed by atoms with E-state index in [9.17, 15) is 0 Å². The van der Waals surface area contributed by atoms with E-state index in [-0.39, 0.29) is 5.41 Å².